The number of carbonyl (C=O) groups excluding carboxylic acids is 1. The molecule has 21 heavy (non-hydrogen) atoms. The summed E-state index contributed by atoms with van der Waals surface area (Å²) < 4.78 is 5.10. The summed E-state index contributed by atoms with van der Waals surface area (Å²) in [5.74, 6) is 0.688. The van der Waals surface area contributed by atoms with E-state index in [2.05, 4.69) is 6.07 Å². The average Bonchev–Trinajstić information content (AvgIpc) is 3.03. The van der Waals surface area contributed by atoms with Gasteiger partial charge in [-0.15, -0.1) is 0 Å². The smallest absolute Gasteiger partial charge is 0.309 e. The van der Waals surface area contributed by atoms with E-state index in [1.807, 2.05) is 31.2 Å². The van der Waals surface area contributed by atoms with Gasteiger partial charge in [-0.3, -0.25) is 4.79 Å². The minimum atomic E-state index is -0.117. The van der Waals surface area contributed by atoms with Gasteiger partial charge in [0.25, 0.3) is 0 Å². The largest absolute Gasteiger partial charge is 0.466 e. The molecule has 1 aromatic rings. The first-order valence-corrected chi connectivity index (χ1v) is 7.84. The molecule has 5 unspecified atom stereocenters. The van der Waals surface area contributed by atoms with Crippen LogP contribution in [0, 0.1) is 40.9 Å². The summed E-state index contributed by atoms with van der Waals surface area (Å²) in [4.78, 5) is 11.8. The Kier molecular flexibility index (Phi) is 3.91. The molecule has 3 nitrogen and oxygen atoms in total. The van der Waals surface area contributed by atoms with Crippen LogP contribution >= 0.6 is 11.6 Å². The van der Waals surface area contributed by atoms with Gasteiger partial charge in [-0.2, -0.15) is 5.26 Å². The number of esters is 1. The summed E-state index contributed by atoms with van der Waals surface area (Å²) >= 11 is 6.01. The third-order valence-electron chi connectivity index (χ3n) is 4.82. The molecule has 2 saturated carbocycles. The van der Waals surface area contributed by atoms with Crippen molar-refractivity contribution in [3.05, 3.63) is 34.9 Å². The van der Waals surface area contributed by atoms with Crippen molar-refractivity contribution in [3.63, 3.8) is 0 Å². The third-order valence-corrected chi connectivity index (χ3v) is 5.06. The number of nitrogens with zero attached hydrogens (tertiary/aromatic N) is 1. The Labute approximate surface area is 129 Å². The van der Waals surface area contributed by atoms with Crippen molar-refractivity contribution >= 4 is 17.6 Å². The lowest BCUT2D eigenvalue weighted by Crippen LogP contribution is -2.20. The van der Waals surface area contributed by atoms with Gasteiger partial charge in [0, 0.05) is 5.02 Å². The molecule has 5 atom stereocenters. The van der Waals surface area contributed by atoms with E-state index in [4.69, 9.17) is 16.3 Å². The fourth-order valence-corrected chi connectivity index (χ4v) is 4.16. The van der Waals surface area contributed by atoms with Crippen molar-refractivity contribution in [2.75, 3.05) is 6.61 Å². The highest BCUT2D eigenvalue weighted by Gasteiger charge is 2.65. The van der Waals surface area contributed by atoms with Crippen LogP contribution in [0.2, 0.25) is 5.02 Å². The van der Waals surface area contributed by atoms with Crippen molar-refractivity contribution in [3.8, 4) is 6.07 Å². The van der Waals surface area contributed by atoms with Crippen molar-refractivity contribution in [1.82, 2.24) is 0 Å². The second kappa shape index (κ2) is 5.69. The average molecular weight is 304 g/mol. The van der Waals surface area contributed by atoms with Gasteiger partial charge in [-0.25, -0.2) is 0 Å². The van der Waals surface area contributed by atoms with Crippen LogP contribution < -0.4 is 0 Å². The highest BCUT2D eigenvalue weighted by Crippen LogP contribution is 2.63. The molecule has 4 heteroatoms. The van der Waals surface area contributed by atoms with Crippen LogP contribution in [0.1, 0.15) is 18.9 Å². The van der Waals surface area contributed by atoms with E-state index in [0.29, 0.717) is 18.4 Å². The van der Waals surface area contributed by atoms with E-state index >= 15 is 0 Å². The molecule has 0 heterocycles. The predicted octanol–water partition coefficient (Wildman–Crippen LogP) is 3.47. The molecule has 0 saturated heterocycles. The number of fused-ring (bicyclic) bond motifs is 1. The first-order chi connectivity index (χ1) is 10.2. The minimum Gasteiger partial charge on any atom is -0.466 e. The molecule has 110 valence electrons. The van der Waals surface area contributed by atoms with Crippen LogP contribution in [-0.2, 0) is 16.0 Å². The molecule has 0 aromatic heterocycles. The van der Waals surface area contributed by atoms with Gasteiger partial charge in [0.15, 0.2) is 0 Å². The van der Waals surface area contributed by atoms with E-state index in [-0.39, 0.29) is 23.7 Å². The van der Waals surface area contributed by atoms with Crippen LogP contribution in [0.5, 0.6) is 0 Å². The zero-order valence-electron chi connectivity index (χ0n) is 12.0. The van der Waals surface area contributed by atoms with Crippen LogP contribution in [0.4, 0.5) is 0 Å². The normalized spacial score (nSPS) is 33.1. The maximum atomic E-state index is 11.8. The Balaban J connectivity index is 1.66. The zero-order chi connectivity index (χ0) is 15.0. The fourth-order valence-electron chi connectivity index (χ4n) is 3.94. The molecule has 1 aromatic carbocycles. The number of ether oxygens (including phenoxy) is 1. The topological polar surface area (TPSA) is 50.1 Å². The van der Waals surface area contributed by atoms with Gasteiger partial charge in [0.1, 0.15) is 0 Å². The number of halogens is 1. The van der Waals surface area contributed by atoms with E-state index in [0.717, 1.165) is 17.9 Å². The van der Waals surface area contributed by atoms with E-state index < -0.39 is 0 Å². The highest BCUT2D eigenvalue weighted by molar-refractivity contribution is 6.30. The maximum Gasteiger partial charge on any atom is 0.309 e. The molecule has 0 amide bonds. The number of benzene rings is 1. The van der Waals surface area contributed by atoms with Gasteiger partial charge < -0.3 is 4.74 Å². The minimum absolute atomic E-state index is 0.0368. The van der Waals surface area contributed by atoms with Gasteiger partial charge >= 0.3 is 5.97 Å². The van der Waals surface area contributed by atoms with Crippen LogP contribution in [0.3, 0.4) is 0 Å². The molecule has 0 bridgehead atoms. The highest BCUT2D eigenvalue weighted by atomic mass is 35.5. The monoisotopic (exact) mass is 303 g/mol. The van der Waals surface area contributed by atoms with Crippen molar-refractivity contribution < 1.29 is 9.53 Å². The third kappa shape index (κ3) is 2.65. The first-order valence-electron chi connectivity index (χ1n) is 7.46. The van der Waals surface area contributed by atoms with Gasteiger partial charge in [-0.1, -0.05) is 23.7 Å². The summed E-state index contributed by atoms with van der Waals surface area (Å²) in [7, 11) is 0. The maximum absolute atomic E-state index is 11.8. The summed E-state index contributed by atoms with van der Waals surface area (Å²) in [6, 6.07) is 10.2. The summed E-state index contributed by atoms with van der Waals surface area (Å²) in [6.07, 6.45) is 1.81. The SMILES string of the molecule is CCOC(=O)C1C2CC(Cc3cccc(Cl)c3)C(C#N)C21. The molecule has 0 spiro atoms. The number of carbonyl (C=O) groups is 1. The lowest BCUT2D eigenvalue weighted by Gasteiger charge is -2.18. The van der Waals surface area contributed by atoms with E-state index in [1.165, 1.54) is 5.56 Å². The number of hydrogen-bond donors (Lipinski definition) is 0. The lowest BCUT2D eigenvalue weighted by atomic mass is 9.85. The molecule has 0 aliphatic heterocycles. The molecule has 0 N–H and O–H groups in total. The van der Waals surface area contributed by atoms with Gasteiger partial charge in [0.2, 0.25) is 0 Å². The Morgan fingerprint density at radius 2 is 2.33 bits per heavy atom. The molecule has 2 fully saturated rings. The first kappa shape index (κ1) is 14.4. The molecular formula is C17H18ClNO2. The molecular weight excluding hydrogens is 286 g/mol. The van der Waals surface area contributed by atoms with Crippen LogP contribution in [-0.4, -0.2) is 12.6 Å². The second-order valence-electron chi connectivity index (χ2n) is 6.00. The number of rotatable bonds is 4. The Hall–Kier alpha value is -1.53. The Morgan fingerprint density at radius 3 is 3.00 bits per heavy atom. The number of hydrogen-bond acceptors (Lipinski definition) is 3. The van der Waals surface area contributed by atoms with Gasteiger partial charge in [0.05, 0.1) is 24.5 Å². The van der Waals surface area contributed by atoms with Crippen LogP contribution in [0.15, 0.2) is 24.3 Å². The Morgan fingerprint density at radius 1 is 1.52 bits per heavy atom. The fraction of sp³-hybridized carbons (Fsp3) is 0.529. The van der Waals surface area contributed by atoms with E-state index in [1.54, 1.807) is 0 Å². The van der Waals surface area contributed by atoms with Crippen molar-refractivity contribution in [2.45, 2.75) is 19.8 Å². The molecule has 3 rings (SSSR count). The second-order valence-corrected chi connectivity index (χ2v) is 6.44. The Bertz CT molecular complexity index is 595. The summed E-state index contributed by atoms with van der Waals surface area (Å²) in [5.41, 5.74) is 1.17. The molecule has 0 radical (unpaired) electrons. The summed E-state index contributed by atoms with van der Waals surface area (Å²) in [6.45, 7) is 2.23. The van der Waals surface area contributed by atoms with Crippen molar-refractivity contribution in [1.29, 1.82) is 5.26 Å². The lowest BCUT2D eigenvalue weighted by molar-refractivity contribution is -0.145. The standard InChI is InChI=1S/C17H18ClNO2/c1-2-21-17(20)16-13-8-11(14(9-19)15(13)16)6-10-4-3-5-12(18)7-10/h3-5,7,11,13-16H,2,6,8H2,1H3. The van der Waals surface area contributed by atoms with Crippen molar-refractivity contribution in [2.24, 2.45) is 29.6 Å². The van der Waals surface area contributed by atoms with E-state index in [9.17, 15) is 10.1 Å². The number of nitriles is 1. The van der Waals surface area contributed by atoms with Crippen LogP contribution in [0.25, 0.3) is 0 Å². The summed E-state index contributed by atoms with van der Waals surface area (Å²) in [5, 5.41) is 10.2. The molecule has 2 aliphatic carbocycles. The molecule has 2 aliphatic rings. The predicted molar refractivity (Wildman–Crippen MR) is 79.5 cm³/mol. The zero-order valence-corrected chi connectivity index (χ0v) is 12.7. The quantitative estimate of drug-likeness (QED) is 0.800. The van der Waals surface area contributed by atoms with Gasteiger partial charge in [-0.05, 0) is 55.2 Å².